The number of carbonyl (C=O) groups excluding carboxylic acids is 2. The van der Waals surface area contributed by atoms with Crippen LogP contribution in [0.15, 0.2) is 5.22 Å². The average molecular weight is 284 g/mol. The minimum atomic E-state index is -0.285. The van der Waals surface area contributed by atoms with Crippen LogP contribution in [0.1, 0.15) is 45.4 Å². The molecule has 0 aromatic rings. The predicted molar refractivity (Wildman–Crippen MR) is 76.3 cm³/mol. The summed E-state index contributed by atoms with van der Waals surface area (Å²) in [5.74, 6) is -0.467. The second-order valence-corrected chi connectivity index (χ2v) is 4.40. The molecule has 8 heteroatoms. The van der Waals surface area contributed by atoms with E-state index in [1.165, 1.54) is 0 Å². The predicted octanol–water partition coefficient (Wildman–Crippen LogP) is 1.48. The van der Waals surface area contributed by atoms with Crippen molar-refractivity contribution in [1.29, 1.82) is 0 Å². The van der Waals surface area contributed by atoms with Gasteiger partial charge in [-0.15, -0.1) is 5.53 Å². The lowest BCUT2D eigenvalue weighted by molar-refractivity contribution is -0.131. The third-order valence-corrected chi connectivity index (χ3v) is 2.69. The van der Waals surface area contributed by atoms with Gasteiger partial charge in [0.15, 0.2) is 0 Å². The van der Waals surface area contributed by atoms with Gasteiger partial charge < -0.3 is 11.1 Å². The zero-order valence-corrected chi connectivity index (χ0v) is 12.0. The number of rotatable bonds is 11. The fourth-order valence-electron chi connectivity index (χ4n) is 1.61. The standard InChI is InChI=1S/C12H24N6O2/c1-2-3-4-5-10-18(17-16-14)12(20)7-9-15-11(19)6-8-13/h2-10,13H2,1H3,(H,15,19). The molecular weight excluding hydrogens is 260 g/mol. The first-order valence-electron chi connectivity index (χ1n) is 6.97. The molecule has 0 unspecified atom stereocenters. The molecule has 20 heavy (non-hydrogen) atoms. The molecule has 0 fully saturated rings. The lowest BCUT2D eigenvalue weighted by Gasteiger charge is -2.11. The van der Waals surface area contributed by atoms with Crippen molar-refractivity contribution in [3.8, 4) is 0 Å². The van der Waals surface area contributed by atoms with Crippen molar-refractivity contribution in [3.05, 3.63) is 10.4 Å². The Hall–Kier alpha value is -1.79. The molecule has 0 aromatic heterocycles. The summed E-state index contributed by atoms with van der Waals surface area (Å²) < 4.78 is 0. The molecule has 0 heterocycles. The van der Waals surface area contributed by atoms with E-state index in [0.717, 1.165) is 30.7 Å². The molecule has 0 radical (unpaired) electrons. The van der Waals surface area contributed by atoms with E-state index in [4.69, 9.17) is 11.3 Å². The van der Waals surface area contributed by atoms with Gasteiger partial charge in [0, 0.05) is 19.5 Å². The van der Waals surface area contributed by atoms with Crippen molar-refractivity contribution in [1.82, 2.24) is 10.3 Å². The SMILES string of the molecule is CCCCCCN(N=[N+]=[N-])C(=O)CCNC(=O)CCN. The summed E-state index contributed by atoms with van der Waals surface area (Å²) in [6, 6.07) is 0. The highest BCUT2D eigenvalue weighted by Crippen LogP contribution is 2.04. The molecule has 0 aromatic carbocycles. The number of hydrogen-bond donors (Lipinski definition) is 2. The smallest absolute Gasteiger partial charge is 0.314 e. The van der Waals surface area contributed by atoms with Gasteiger partial charge in [-0.3, -0.25) is 4.79 Å². The number of nitrogens with zero attached hydrogens (tertiary/aromatic N) is 4. The van der Waals surface area contributed by atoms with Gasteiger partial charge in [-0.05, 0) is 18.1 Å². The van der Waals surface area contributed by atoms with Crippen LogP contribution in [0.5, 0.6) is 0 Å². The number of nitrogens with two attached hydrogens (primary N) is 1. The summed E-state index contributed by atoms with van der Waals surface area (Å²) in [7, 11) is 0. The van der Waals surface area contributed by atoms with Crippen LogP contribution in [-0.2, 0) is 9.59 Å². The van der Waals surface area contributed by atoms with Crippen LogP contribution in [0.3, 0.4) is 0 Å². The maximum atomic E-state index is 11.8. The number of carbonyl (C=O) groups is 2. The van der Waals surface area contributed by atoms with Gasteiger partial charge in [0.1, 0.15) is 0 Å². The fraction of sp³-hybridized carbons (Fsp3) is 0.833. The Morgan fingerprint density at radius 1 is 1.30 bits per heavy atom. The second-order valence-electron chi connectivity index (χ2n) is 4.40. The molecule has 0 saturated heterocycles. The van der Waals surface area contributed by atoms with Crippen molar-refractivity contribution in [2.24, 2.45) is 11.0 Å². The largest absolute Gasteiger partial charge is 0.355 e. The van der Waals surface area contributed by atoms with Gasteiger partial charge in [0.25, 0.3) is 0 Å². The molecule has 2 amide bonds. The molecule has 114 valence electrons. The summed E-state index contributed by atoms with van der Waals surface area (Å²) in [4.78, 5) is 25.6. The Morgan fingerprint density at radius 2 is 2.05 bits per heavy atom. The Bertz CT molecular complexity index is 341. The quantitative estimate of drug-likeness (QED) is 0.196. The summed E-state index contributed by atoms with van der Waals surface area (Å²) in [6.45, 7) is 3.02. The highest BCUT2D eigenvalue weighted by Gasteiger charge is 2.16. The normalized spacial score (nSPS) is 9.70. The number of unbranched alkanes of at least 4 members (excludes halogenated alkanes) is 3. The van der Waals surface area contributed by atoms with Gasteiger partial charge in [0.2, 0.25) is 5.91 Å². The van der Waals surface area contributed by atoms with Crippen LogP contribution in [-0.4, -0.2) is 36.5 Å². The third-order valence-electron chi connectivity index (χ3n) is 2.69. The minimum Gasteiger partial charge on any atom is -0.355 e. The van der Waals surface area contributed by atoms with E-state index in [1.54, 1.807) is 0 Å². The molecule has 0 aliphatic heterocycles. The van der Waals surface area contributed by atoms with E-state index in [-0.39, 0.29) is 37.7 Å². The highest BCUT2D eigenvalue weighted by atomic mass is 16.2. The van der Waals surface area contributed by atoms with Crippen LogP contribution >= 0.6 is 0 Å². The molecule has 0 aliphatic rings. The first-order chi connectivity index (χ1) is 9.65. The number of hydrogen-bond acceptors (Lipinski definition) is 4. The summed E-state index contributed by atoms with van der Waals surface area (Å²) in [5.41, 5.74) is 13.7. The molecule has 8 nitrogen and oxygen atoms in total. The zero-order chi connectivity index (χ0) is 15.2. The fourth-order valence-corrected chi connectivity index (χ4v) is 1.61. The number of nitrogens with one attached hydrogen (secondary N) is 1. The van der Waals surface area contributed by atoms with E-state index in [0.29, 0.717) is 6.54 Å². The molecule has 0 saturated carbocycles. The summed E-state index contributed by atoms with van der Waals surface area (Å²) in [6.07, 6.45) is 4.34. The molecule has 0 atom stereocenters. The van der Waals surface area contributed by atoms with Crippen LogP contribution < -0.4 is 11.1 Å². The maximum Gasteiger partial charge on any atom is 0.314 e. The Labute approximate surface area is 119 Å². The molecule has 0 rings (SSSR count). The molecule has 0 spiro atoms. The lowest BCUT2D eigenvalue weighted by atomic mass is 10.2. The van der Waals surface area contributed by atoms with E-state index < -0.39 is 0 Å². The van der Waals surface area contributed by atoms with Crippen LogP contribution in [0.25, 0.3) is 10.4 Å². The van der Waals surface area contributed by atoms with E-state index in [1.807, 2.05) is 0 Å². The Morgan fingerprint density at radius 3 is 2.65 bits per heavy atom. The molecule has 0 bridgehead atoms. The van der Waals surface area contributed by atoms with E-state index >= 15 is 0 Å². The maximum absolute atomic E-state index is 11.8. The van der Waals surface area contributed by atoms with Gasteiger partial charge in [-0.1, -0.05) is 19.8 Å². The van der Waals surface area contributed by atoms with Gasteiger partial charge in [-0.2, -0.15) is 9.92 Å². The summed E-state index contributed by atoms with van der Waals surface area (Å²) in [5, 5.41) is 7.10. The molecular formula is C12H24N6O2. The molecule has 0 aliphatic carbocycles. The van der Waals surface area contributed by atoms with Crippen molar-refractivity contribution in [3.63, 3.8) is 0 Å². The van der Waals surface area contributed by atoms with Crippen LogP contribution in [0.2, 0.25) is 0 Å². The van der Waals surface area contributed by atoms with Crippen molar-refractivity contribution < 1.29 is 9.59 Å². The summed E-state index contributed by atoms with van der Waals surface area (Å²) >= 11 is 0. The number of amides is 2. The van der Waals surface area contributed by atoms with E-state index in [2.05, 4.69) is 22.4 Å². The third kappa shape index (κ3) is 9.18. The average Bonchev–Trinajstić information content (AvgIpc) is 2.42. The lowest BCUT2D eigenvalue weighted by Crippen LogP contribution is -2.32. The number of azide groups is 1. The Kier molecular flexibility index (Phi) is 11.2. The van der Waals surface area contributed by atoms with Crippen LogP contribution in [0, 0.1) is 0 Å². The van der Waals surface area contributed by atoms with Crippen molar-refractivity contribution >= 4 is 11.8 Å². The zero-order valence-electron chi connectivity index (χ0n) is 12.0. The first-order valence-corrected chi connectivity index (χ1v) is 6.97. The highest BCUT2D eigenvalue weighted by molar-refractivity contribution is 5.78. The molecule has 3 N–H and O–H groups in total. The van der Waals surface area contributed by atoms with Crippen molar-refractivity contribution in [2.75, 3.05) is 19.6 Å². The van der Waals surface area contributed by atoms with Crippen LogP contribution in [0.4, 0.5) is 0 Å². The second kappa shape index (κ2) is 12.3. The first kappa shape index (κ1) is 18.2. The topological polar surface area (TPSA) is 124 Å². The van der Waals surface area contributed by atoms with Gasteiger partial charge >= 0.3 is 5.91 Å². The van der Waals surface area contributed by atoms with Gasteiger partial charge in [-0.25, -0.2) is 4.79 Å². The van der Waals surface area contributed by atoms with Crippen molar-refractivity contribution in [2.45, 2.75) is 45.4 Å². The minimum absolute atomic E-state index is 0.114. The van der Waals surface area contributed by atoms with E-state index in [9.17, 15) is 9.59 Å². The van der Waals surface area contributed by atoms with Gasteiger partial charge in [0.05, 0.1) is 13.0 Å². The Balaban J connectivity index is 4.02. The monoisotopic (exact) mass is 284 g/mol.